The van der Waals surface area contributed by atoms with Crippen LogP contribution in [-0.4, -0.2) is 4.98 Å². The predicted octanol–water partition coefficient (Wildman–Crippen LogP) is 3.54. The highest BCUT2D eigenvalue weighted by molar-refractivity contribution is 7.38. The molecule has 1 aromatic heterocycles. The molecular formula is C13H13NO2P+. The van der Waals surface area contributed by atoms with Gasteiger partial charge in [-0.2, -0.15) is 0 Å². The van der Waals surface area contributed by atoms with Crippen molar-refractivity contribution in [1.82, 2.24) is 4.98 Å². The Labute approximate surface area is 101 Å². The van der Waals surface area contributed by atoms with Crippen LogP contribution in [0.4, 0.5) is 0 Å². The molecule has 1 aromatic carbocycles. The molecular weight excluding hydrogens is 233 g/mol. The van der Waals surface area contributed by atoms with Crippen LogP contribution in [0.1, 0.15) is 11.3 Å². The fourth-order valence-electron chi connectivity index (χ4n) is 1.39. The van der Waals surface area contributed by atoms with E-state index in [2.05, 4.69) is 4.98 Å². The van der Waals surface area contributed by atoms with Crippen LogP contribution in [0.5, 0.6) is 0 Å². The Kier molecular flexibility index (Phi) is 4.37. The zero-order chi connectivity index (χ0) is 11.9. The van der Waals surface area contributed by atoms with E-state index in [0.29, 0.717) is 12.8 Å². The third kappa shape index (κ3) is 4.06. The second-order valence-corrected chi connectivity index (χ2v) is 4.81. The van der Waals surface area contributed by atoms with Crippen LogP contribution in [0.25, 0.3) is 0 Å². The fraction of sp³-hybridized carbons (Fsp3) is 0.154. The minimum absolute atomic E-state index is 0.364. The lowest BCUT2D eigenvalue weighted by atomic mass is 10.2. The molecule has 0 aliphatic carbocycles. The summed E-state index contributed by atoms with van der Waals surface area (Å²) in [5.74, 6) is 0. The Morgan fingerprint density at radius 1 is 1.06 bits per heavy atom. The van der Waals surface area contributed by atoms with Gasteiger partial charge in [-0.25, -0.2) is 0 Å². The Bertz CT molecular complexity index is 473. The van der Waals surface area contributed by atoms with Crippen molar-refractivity contribution in [3.05, 3.63) is 66.0 Å². The maximum Gasteiger partial charge on any atom is 0.514 e. The van der Waals surface area contributed by atoms with Gasteiger partial charge in [0.1, 0.15) is 6.61 Å². The molecule has 2 rings (SSSR count). The van der Waals surface area contributed by atoms with Gasteiger partial charge in [-0.15, -0.1) is 4.52 Å². The van der Waals surface area contributed by atoms with Crippen molar-refractivity contribution >= 4 is 8.03 Å². The summed E-state index contributed by atoms with van der Waals surface area (Å²) in [5, 5.41) is 0. The number of aromatic nitrogens is 1. The zero-order valence-electron chi connectivity index (χ0n) is 9.32. The van der Waals surface area contributed by atoms with Crippen molar-refractivity contribution in [2.75, 3.05) is 0 Å². The molecule has 3 nitrogen and oxygen atoms in total. The molecule has 1 unspecified atom stereocenters. The molecule has 17 heavy (non-hydrogen) atoms. The summed E-state index contributed by atoms with van der Waals surface area (Å²) in [5.41, 5.74) is 1.82. The number of rotatable bonds is 5. The number of hydrogen-bond donors (Lipinski definition) is 0. The number of pyridine rings is 1. The van der Waals surface area contributed by atoms with Gasteiger partial charge in [-0.05, 0) is 22.3 Å². The SMILES string of the molecule is O=[P+](Cc1ccccn1)OCc1ccccc1. The molecule has 1 atom stereocenters. The summed E-state index contributed by atoms with van der Waals surface area (Å²) < 4.78 is 17.0. The molecule has 1 heterocycles. The molecule has 0 saturated heterocycles. The van der Waals surface area contributed by atoms with Gasteiger partial charge in [0.25, 0.3) is 0 Å². The van der Waals surface area contributed by atoms with Crippen molar-refractivity contribution in [2.45, 2.75) is 12.8 Å². The van der Waals surface area contributed by atoms with Crippen LogP contribution in [0.15, 0.2) is 54.7 Å². The molecule has 0 fully saturated rings. The van der Waals surface area contributed by atoms with Crippen molar-refractivity contribution in [3.63, 3.8) is 0 Å². The Morgan fingerprint density at radius 3 is 2.53 bits per heavy atom. The summed E-state index contributed by atoms with van der Waals surface area (Å²) in [7, 11) is -1.69. The summed E-state index contributed by atoms with van der Waals surface area (Å²) in [4.78, 5) is 4.11. The molecule has 2 aromatic rings. The smallest absolute Gasteiger partial charge is 0.257 e. The second-order valence-electron chi connectivity index (χ2n) is 3.57. The maximum atomic E-state index is 11.7. The lowest BCUT2D eigenvalue weighted by Gasteiger charge is -1.94. The average molecular weight is 246 g/mol. The van der Waals surface area contributed by atoms with Crippen molar-refractivity contribution in [3.8, 4) is 0 Å². The van der Waals surface area contributed by atoms with E-state index in [1.54, 1.807) is 6.20 Å². The van der Waals surface area contributed by atoms with Crippen LogP contribution < -0.4 is 0 Å². The highest BCUT2D eigenvalue weighted by Gasteiger charge is 2.18. The molecule has 0 aliphatic rings. The lowest BCUT2D eigenvalue weighted by molar-refractivity contribution is 0.318. The Hall–Kier alpha value is -1.57. The first kappa shape index (κ1) is 11.9. The van der Waals surface area contributed by atoms with Gasteiger partial charge in [-0.3, -0.25) is 4.98 Å². The maximum absolute atomic E-state index is 11.7. The van der Waals surface area contributed by atoms with Crippen molar-refractivity contribution in [1.29, 1.82) is 0 Å². The molecule has 0 bridgehead atoms. The van der Waals surface area contributed by atoms with Crippen LogP contribution in [0.3, 0.4) is 0 Å². The third-order valence-electron chi connectivity index (χ3n) is 2.24. The number of benzene rings is 1. The monoisotopic (exact) mass is 246 g/mol. The van der Waals surface area contributed by atoms with Crippen LogP contribution in [0.2, 0.25) is 0 Å². The molecule has 0 aliphatic heterocycles. The van der Waals surface area contributed by atoms with Crippen molar-refractivity contribution < 1.29 is 9.09 Å². The standard InChI is InChI=1S/C13H13NO2P/c15-17(11-13-8-4-5-9-14-13)16-10-12-6-2-1-3-7-12/h1-9H,10-11H2/q+1. The van der Waals surface area contributed by atoms with E-state index >= 15 is 0 Å². The van der Waals surface area contributed by atoms with Gasteiger partial charge in [0.2, 0.25) is 6.16 Å². The number of nitrogens with zero attached hydrogens (tertiary/aromatic N) is 1. The summed E-state index contributed by atoms with van der Waals surface area (Å²) >= 11 is 0. The van der Waals surface area contributed by atoms with Gasteiger partial charge in [0.15, 0.2) is 0 Å². The summed E-state index contributed by atoms with van der Waals surface area (Å²) in [6.45, 7) is 0.378. The lowest BCUT2D eigenvalue weighted by Crippen LogP contribution is -1.89. The van der Waals surface area contributed by atoms with E-state index in [1.165, 1.54) is 0 Å². The third-order valence-corrected chi connectivity index (χ3v) is 3.23. The first-order valence-electron chi connectivity index (χ1n) is 5.36. The second kappa shape index (κ2) is 6.24. The fourth-order valence-corrected chi connectivity index (χ4v) is 2.23. The van der Waals surface area contributed by atoms with E-state index in [1.807, 2.05) is 48.5 Å². The van der Waals surface area contributed by atoms with E-state index in [-0.39, 0.29) is 0 Å². The zero-order valence-corrected chi connectivity index (χ0v) is 10.2. The summed E-state index contributed by atoms with van der Waals surface area (Å²) in [6, 6.07) is 15.3. The van der Waals surface area contributed by atoms with Gasteiger partial charge in [0.05, 0.1) is 5.69 Å². The molecule has 0 N–H and O–H groups in total. The van der Waals surface area contributed by atoms with Crippen LogP contribution in [-0.2, 0) is 21.9 Å². The predicted molar refractivity (Wildman–Crippen MR) is 66.8 cm³/mol. The minimum Gasteiger partial charge on any atom is -0.257 e. The molecule has 86 valence electrons. The van der Waals surface area contributed by atoms with E-state index in [0.717, 1.165) is 11.3 Å². The highest BCUT2D eigenvalue weighted by Crippen LogP contribution is 2.28. The highest BCUT2D eigenvalue weighted by atomic mass is 31.1. The summed E-state index contributed by atoms with van der Waals surface area (Å²) in [6.07, 6.45) is 2.05. The normalized spacial score (nSPS) is 11.2. The first-order chi connectivity index (χ1) is 8.34. The average Bonchev–Trinajstić information content (AvgIpc) is 2.39. The van der Waals surface area contributed by atoms with E-state index in [4.69, 9.17) is 4.52 Å². The van der Waals surface area contributed by atoms with Crippen LogP contribution in [0, 0.1) is 0 Å². The van der Waals surface area contributed by atoms with Gasteiger partial charge < -0.3 is 0 Å². The number of hydrogen-bond acceptors (Lipinski definition) is 3. The van der Waals surface area contributed by atoms with E-state index in [9.17, 15) is 4.57 Å². The minimum atomic E-state index is -1.69. The molecule has 0 saturated carbocycles. The van der Waals surface area contributed by atoms with Crippen molar-refractivity contribution in [2.24, 2.45) is 0 Å². The Balaban J connectivity index is 1.83. The largest absolute Gasteiger partial charge is 0.514 e. The molecule has 0 spiro atoms. The first-order valence-corrected chi connectivity index (χ1v) is 6.72. The van der Waals surface area contributed by atoms with Gasteiger partial charge in [-0.1, -0.05) is 36.4 Å². The van der Waals surface area contributed by atoms with Crippen LogP contribution >= 0.6 is 8.03 Å². The topological polar surface area (TPSA) is 39.2 Å². The van der Waals surface area contributed by atoms with Gasteiger partial charge in [0, 0.05) is 6.20 Å². The molecule has 0 radical (unpaired) electrons. The quantitative estimate of drug-likeness (QED) is 0.757. The Morgan fingerprint density at radius 2 is 1.82 bits per heavy atom. The van der Waals surface area contributed by atoms with E-state index < -0.39 is 8.03 Å². The van der Waals surface area contributed by atoms with Gasteiger partial charge >= 0.3 is 8.03 Å². The molecule has 0 amide bonds. The molecule has 4 heteroatoms.